The van der Waals surface area contributed by atoms with Gasteiger partial charge in [-0.05, 0) is 30.5 Å². The molecule has 1 aromatic heterocycles. The molecule has 0 spiro atoms. The fourth-order valence-electron chi connectivity index (χ4n) is 2.06. The number of halogens is 1. The summed E-state index contributed by atoms with van der Waals surface area (Å²) in [5.74, 6) is -1.04. The van der Waals surface area contributed by atoms with Crippen LogP contribution in [0.25, 0.3) is 0 Å². The van der Waals surface area contributed by atoms with Gasteiger partial charge >= 0.3 is 5.97 Å². The van der Waals surface area contributed by atoms with Crippen molar-refractivity contribution in [1.82, 2.24) is 0 Å². The molecule has 6 heteroatoms. The van der Waals surface area contributed by atoms with Crippen molar-refractivity contribution in [3.05, 3.63) is 45.9 Å². The summed E-state index contributed by atoms with van der Waals surface area (Å²) in [4.78, 5) is 14.6. The average Bonchev–Trinajstić information content (AvgIpc) is 2.99. The van der Waals surface area contributed by atoms with Crippen LogP contribution in [0.1, 0.15) is 28.2 Å². The largest absolute Gasteiger partial charge is 0.465 e. The third kappa shape index (κ3) is 3.00. The lowest BCUT2D eigenvalue weighted by Crippen LogP contribution is -2.22. The Bertz CT molecular complexity index is 643. The number of benzene rings is 1. The Hall–Kier alpha value is -2.08. The fourth-order valence-corrected chi connectivity index (χ4v) is 2.89. The van der Waals surface area contributed by atoms with Crippen LogP contribution in [0.2, 0.25) is 0 Å². The summed E-state index contributed by atoms with van der Waals surface area (Å²) in [6.07, 6.45) is 0. The second kappa shape index (κ2) is 6.13. The van der Waals surface area contributed by atoms with E-state index in [1.165, 1.54) is 13.2 Å². The SMILES string of the molecule is COC(=O)c1cc(N(C)C(C)c2cccs2)c(F)cc1N. The first kappa shape index (κ1) is 15.3. The third-order valence-electron chi connectivity index (χ3n) is 3.44. The predicted molar refractivity (Wildman–Crippen MR) is 83.3 cm³/mol. The number of carbonyl (C=O) groups is 1. The van der Waals surface area contributed by atoms with Crippen LogP contribution in [0, 0.1) is 5.82 Å². The van der Waals surface area contributed by atoms with Gasteiger partial charge in [0.15, 0.2) is 0 Å². The third-order valence-corrected chi connectivity index (χ3v) is 4.48. The van der Waals surface area contributed by atoms with E-state index in [9.17, 15) is 9.18 Å². The van der Waals surface area contributed by atoms with E-state index in [2.05, 4.69) is 4.74 Å². The summed E-state index contributed by atoms with van der Waals surface area (Å²) in [5.41, 5.74) is 6.23. The van der Waals surface area contributed by atoms with Gasteiger partial charge in [-0.1, -0.05) is 6.07 Å². The average molecular weight is 308 g/mol. The van der Waals surface area contributed by atoms with E-state index < -0.39 is 11.8 Å². The Morgan fingerprint density at radius 1 is 1.48 bits per heavy atom. The molecule has 0 aliphatic heterocycles. The summed E-state index contributed by atoms with van der Waals surface area (Å²) in [6.45, 7) is 1.97. The molecular formula is C15H17FN2O2S. The Labute approximate surface area is 126 Å². The second-order valence-electron chi connectivity index (χ2n) is 4.68. The maximum atomic E-state index is 14.2. The highest BCUT2D eigenvalue weighted by molar-refractivity contribution is 7.10. The van der Waals surface area contributed by atoms with Crippen molar-refractivity contribution in [1.29, 1.82) is 0 Å². The number of methoxy groups -OCH3 is 1. The normalized spacial score (nSPS) is 12.0. The zero-order valence-electron chi connectivity index (χ0n) is 12.1. The van der Waals surface area contributed by atoms with Crippen LogP contribution < -0.4 is 10.6 Å². The number of esters is 1. The zero-order chi connectivity index (χ0) is 15.6. The van der Waals surface area contributed by atoms with Gasteiger partial charge in [0.2, 0.25) is 0 Å². The quantitative estimate of drug-likeness (QED) is 0.694. The van der Waals surface area contributed by atoms with E-state index in [-0.39, 0.29) is 17.3 Å². The number of carbonyl (C=O) groups excluding carboxylic acids is 1. The van der Waals surface area contributed by atoms with Gasteiger partial charge in [0.25, 0.3) is 0 Å². The summed E-state index contributed by atoms with van der Waals surface area (Å²) in [5, 5.41) is 1.97. The summed E-state index contributed by atoms with van der Waals surface area (Å²) in [6, 6.07) is 6.50. The number of nitrogens with two attached hydrogens (primary N) is 1. The van der Waals surface area contributed by atoms with E-state index in [0.717, 1.165) is 10.9 Å². The van der Waals surface area contributed by atoms with Gasteiger partial charge in [0.1, 0.15) is 5.82 Å². The van der Waals surface area contributed by atoms with Crippen LogP contribution in [-0.2, 0) is 4.74 Å². The molecule has 112 valence electrons. The first-order valence-electron chi connectivity index (χ1n) is 6.39. The number of nitrogen functional groups attached to an aromatic ring is 1. The molecule has 0 saturated carbocycles. The molecular weight excluding hydrogens is 291 g/mol. The highest BCUT2D eigenvalue weighted by Crippen LogP contribution is 2.32. The molecule has 4 nitrogen and oxygen atoms in total. The molecule has 21 heavy (non-hydrogen) atoms. The topological polar surface area (TPSA) is 55.6 Å². The minimum atomic E-state index is -0.578. The number of thiophene rings is 1. The lowest BCUT2D eigenvalue weighted by atomic mass is 10.1. The van der Waals surface area contributed by atoms with Crippen molar-refractivity contribution in [2.45, 2.75) is 13.0 Å². The zero-order valence-corrected chi connectivity index (χ0v) is 12.9. The van der Waals surface area contributed by atoms with Gasteiger partial charge in [-0.2, -0.15) is 0 Å². The molecule has 2 aromatic rings. The maximum Gasteiger partial charge on any atom is 0.340 e. The van der Waals surface area contributed by atoms with Gasteiger partial charge in [-0.25, -0.2) is 9.18 Å². The number of nitrogens with zero attached hydrogens (tertiary/aromatic N) is 1. The van der Waals surface area contributed by atoms with Crippen LogP contribution in [0.3, 0.4) is 0 Å². The Balaban J connectivity index is 2.41. The van der Waals surface area contributed by atoms with E-state index in [1.807, 2.05) is 24.4 Å². The molecule has 0 amide bonds. The maximum absolute atomic E-state index is 14.2. The second-order valence-corrected chi connectivity index (χ2v) is 5.66. The molecule has 2 N–H and O–H groups in total. The molecule has 2 rings (SSSR count). The lowest BCUT2D eigenvalue weighted by Gasteiger charge is -2.27. The fraction of sp³-hybridized carbons (Fsp3) is 0.267. The minimum absolute atomic E-state index is 0.0198. The monoisotopic (exact) mass is 308 g/mol. The Kier molecular flexibility index (Phi) is 4.47. The van der Waals surface area contributed by atoms with Gasteiger partial charge in [0, 0.05) is 17.6 Å². The van der Waals surface area contributed by atoms with Crippen LogP contribution in [0.5, 0.6) is 0 Å². The first-order valence-corrected chi connectivity index (χ1v) is 7.27. The minimum Gasteiger partial charge on any atom is -0.465 e. The van der Waals surface area contributed by atoms with Crippen molar-refractivity contribution < 1.29 is 13.9 Å². The summed E-state index contributed by atoms with van der Waals surface area (Å²) in [7, 11) is 3.04. The molecule has 1 heterocycles. The van der Waals surface area contributed by atoms with Crippen molar-refractivity contribution >= 4 is 28.7 Å². The van der Waals surface area contributed by atoms with E-state index in [1.54, 1.807) is 23.3 Å². The molecule has 0 aliphatic rings. The standard InChI is InChI=1S/C15H17FN2O2S/c1-9(14-5-4-6-21-14)18(2)13-7-10(15(19)20-3)12(17)8-11(13)16/h4-9H,17H2,1-3H3. The number of ether oxygens (including phenoxy) is 1. The molecule has 1 unspecified atom stereocenters. The number of hydrogen-bond acceptors (Lipinski definition) is 5. The van der Waals surface area contributed by atoms with E-state index in [4.69, 9.17) is 5.73 Å². The van der Waals surface area contributed by atoms with E-state index >= 15 is 0 Å². The predicted octanol–water partition coefficient (Wildman–Crippen LogP) is 3.45. The molecule has 0 bridgehead atoms. The molecule has 0 aliphatic carbocycles. The molecule has 1 aromatic carbocycles. The lowest BCUT2D eigenvalue weighted by molar-refractivity contribution is 0.0602. The smallest absolute Gasteiger partial charge is 0.340 e. The van der Waals surface area contributed by atoms with E-state index in [0.29, 0.717) is 5.69 Å². The van der Waals surface area contributed by atoms with Crippen LogP contribution >= 0.6 is 11.3 Å². The molecule has 0 radical (unpaired) electrons. The molecule has 0 saturated heterocycles. The highest BCUT2D eigenvalue weighted by atomic mass is 32.1. The Morgan fingerprint density at radius 2 is 2.19 bits per heavy atom. The van der Waals surface area contributed by atoms with Gasteiger partial charge in [-0.15, -0.1) is 11.3 Å². The van der Waals surface area contributed by atoms with Crippen molar-refractivity contribution in [2.24, 2.45) is 0 Å². The van der Waals surface area contributed by atoms with Crippen LogP contribution in [0.15, 0.2) is 29.6 Å². The number of hydrogen-bond donors (Lipinski definition) is 1. The van der Waals surface area contributed by atoms with Crippen molar-refractivity contribution in [3.63, 3.8) is 0 Å². The van der Waals surface area contributed by atoms with Crippen molar-refractivity contribution in [3.8, 4) is 0 Å². The summed E-state index contributed by atoms with van der Waals surface area (Å²) >= 11 is 1.60. The number of anilines is 2. The van der Waals surface area contributed by atoms with Crippen LogP contribution in [-0.4, -0.2) is 20.1 Å². The molecule has 1 atom stereocenters. The molecule has 0 fully saturated rings. The number of rotatable bonds is 4. The van der Waals surface area contributed by atoms with Crippen LogP contribution in [0.4, 0.5) is 15.8 Å². The van der Waals surface area contributed by atoms with Gasteiger partial charge in [0.05, 0.1) is 24.4 Å². The first-order chi connectivity index (χ1) is 9.95. The van der Waals surface area contributed by atoms with Gasteiger partial charge in [-0.3, -0.25) is 0 Å². The highest BCUT2D eigenvalue weighted by Gasteiger charge is 2.20. The van der Waals surface area contributed by atoms with Gasteiger partial charge < -0.3 is 15.4 Å². The Morgan fingerprint density at radius 3 is 2.76 bits per heavy atom. The summed E-state index contributed by atoms with van der Waals surface area (Å²) < 4.78 is 18.8. The van der Waals surface area contributed by atoms with Crippen molar-refractivity contribution in [2.75, 3.05) is 24.8 Å².